The van der Waals surface area contributed by atoms with Gasteiger partial charge in [0.15, 0.2) is 0 Å². The molecule has 0 spiro atoms. The van der Waals surface area contributed by atoms with Crippen LogP contribution >= 0.6 is 0 Å². The Kier molecular flexibility index (Phi) is 9.24. The van der Waals surface area contributed by atoms with Gasteiger partial charge in [-0.1, -0.05) is 38.1 Å². The van der Waals surface area contributed by atoms with Crippen LogP contribution in [0.25, 0.3) is 11.3 Å². The van der Waals surface area contributed by atoms with Crippen molar-refractivity contribution in [2.24, 2.45) is 11.8 Å². The van der Waals surface area contributed by atoms with E-state index in [1.54, 1.807) is 25.2 Å². The van der Waals surface area contributed by atoms with Crippen molar-refractivity contribution in [2.45, 2.75) is 76.8 Å². The number of rotatable bonds is 5. The number of benzene rings is 2. The number of carbonyl (C=O) groups is 2. The van der Waals surface area contributed by atoms with E-state index in [2.05, 4.69) is 33.9 Å². The molecule has 0 saturated heterocycles. The molecule has 1 aromatic heterocycles. The number of aromatic nitrogens is 2. The second-order valence-corrected chi connectivity index (χ2v) is 13.9. The average Bonchev–Trinajstić information content (AvgIpc) is 2.99. The first-order valence-corrected chi connectivity index (χ1v) is 16.7. The van der Waals surface area contributed by atoms with Crippen molar-refractivity contribution in [2.75, 3.05) is 18.4 Å². The molecule has 0 radical (unpaired) electrons. The van der Waals surface area contributed by atoms with E-state index in [1.807, 2.05) is 36.9 Å². The molecule has 1 aliphatic heterocycles. The number of fused-ring (bicyclic) bond motifs is 4. The van der Waals surface area contributed by atoms with Gasteiger partial charge < -0.3 is 15.0 Å². The normalized spacial score (nSPS) is 21.7. The molecule has 2 heterocycles. The van der Waals surface area contributed by atoms with Crippen LogP contribution in [0.2, 0.25) is 0 Å². The van der Waals surface area contributed by atoms with Crippen LogP contribution in [0.4, 0.5) is 5.95 Å². The largest absolute Gasteiger partial charge is 0.475 e. The van der Waals surface area contributed by atoms with Crippen LogP contribution in [0, 0.1) is 25.7 Å². The van der Waals surface area contributed by atoms with Crippen LogP contribution in [0.15, 0.2) is 53.4 Å². The number of aryl methyl sites for hydroxylation is 2. The first-order chi connectivity index (χ1) is 21.0. The third-order valence-electron chi connectivity index (χ3n) is 8.56. The first-order valence-electron chi connectivity index (χ1n) is 15.2. The molecule has 1 aliphatic carbocycles. The zero-order valence-electron chi connectivity index (χ0n) is 26.0. The number of hydrogen-bond donors (Lipinski definition) is 2. The van der Waals surface area contributed by atoms with Gasteiger partial charge in [-0.15, -0.1) is 0 Å². The summed E-state index contributed by atoms with van der Waals surface area (Å²) in [6.07, 6.45) is 3.31. The second kappa shape index (κ2) is 12.9. The van der Waals surface area contributed by atoms with E-state index < -0.39 is 10.0 Å². The Morgan fingerprint density at radius 2 is 1.73 bits per heavy atom. The summed E-state index contributed by atoms with van der Waals surface area (Å²) >= 11 is 0. The standard InChI is InChI=1S/C33H41N5O5S/c1-20(2)16-26-19-43-29-18-28(30-21(3)8-6-9-22(30)4)35-33(36-29)37-44(41,42)27-11-7-10-24(17-27)32(40)38(26)25-14-12-23(13-15-25)31(39)34-5/h6-11,17-18,20,23,25-26H,12-16,19H2,1-5H3,(H,34,39)(H,35,36,37)/t23?,25?,26-/m1/s1. The number of nitrogens with one attached hydrogen (secondary N) is 2. The van der Waals surface area contributed by atoms with E-state index in [9.17, 15) is 18.0 Å². The highest BCUT2D eigenvalue weighted by Crippen LogP contribution is 2.33. The van der Waals surface area contributed by atoms with E-state index in [0.717, 1.165) is 16.7 Å². The number of nitrogens with zero attached hydrogens (tertiary/aromatic N) is 3. The predicted molar refractivity (Wildman–Crippen MR) is 169 cm³/mol. The molecule has 1 atom stereocenters. The Bertz CT molecular complexity index is 1630. The zero-order valence-corrected chi connectivity index (χ0v) is 26.8. The first kappa shape index (κ1) is 31.4. The summed E-state index contributed by atoms with van der Waals surface area (Å²) < 4.78 is 36.0. The van der Waals surface area contributed by atoms with Crippen molar-refractivity contribution in [1.82, 2.24) is 20.2 Å². The lowest BCUT2D eigenvalue weighted by Gasteiger charge is -2.42. The zero-order chi connectivity index (χ0) is 31.6. The quantitative estimate of drug-likeness (QED) is 0.406. The maximum atomic E-state index is 14.3. The van der Waals surface area contributed by atoms with E-state index in [-0.39, 0.29) is 64.6 Å². The van der Waals surface area contributed by atoms with Gasteiger partial charge in [0.2, 0.25) is 17.7 Å². The fourth-order valence-electron chi connectivity index (χ4n) is 6.45. The summed E-state index contributed by atoms with van der Waals surface area (Å²) in [5.74, 6) is 0.0202. The monoisotopic (exact) mass is 619 g/mol. The van der Waals surface area contributed by atoms with Gasteiger partial charge in [0.05, 0.1) is 16.6 Å². The van der Waals surface area contributed by atoms with Crippen LogP contribution in [0.5, 0.6) is 5.88 Å². The summed E-state index contributed by atoms with van der Waals surface area (Å²) in [6.45, 7) is 8.32. The molecule has 2 amide bonds. The number of carbonyl (C=O) groups excluding carboxylic acids is 2. The fraction of sp³-hybridized carbons (Fsp3) is 0.455. The van der Waals surface area contributed by atoms with Crippen LogP contribution in [0.3, 0.4) is 0 Å². The highest BCUT2D eigenvalue weighted by atomic mass is 32.2. The Morgan fingerprint density at radius 1 is 1.05 bits per heavy atom. The highest BCUT2D eigenvalue weighted by molar-refractivity contribution is 7.92. The van der Waals surface area contributed by atoms with Crippen LogP contribution in [0.1, 0.15) is 67.4 Å². The molecule has 3 aromatic rings. The second-order valence-electron chi connectivity index (χ2n) is 12.2. The van der Waals surface area contributed by atoms with Crippen LogP contribution < -0.4 is 14.8 Å². The third kappa shape index (κ3) is 6.72. The highest BCUT2D eigenvalue weighted by Gasteiger charge is 2.37. The summed E-state index contributed by atoms with van der Waals surface area (Å²) in [4.78, 5) is 37.6. The maximum absolute atomic E-state index is 14.3. The summed E-state index contributed by atoms with van der Waals surface area (Å²) in [7, 11) is -2.50. The fourth-order valence-corrected chi connectivity index (χ4v) is 7.44. The number of anilines is 1. The molecule has 234 valence electrons. The van der Waals surface area contributed by atoms with Crippen LogP contribution in [-0.2, 0) is 14.8 Å². The van der Waals surface area contributed by atoms with Gasteiger partial charge in [-0.25, -0.2) is 18.1 Å². The van der Waals surface area contributed by atoms with Gasteiger partial charge in [0.25, 0.3) is 15.9 Å². The average molecular weight is 620 g/mol. The summed E-state index contributed by atoms with van der Waals surface area (Å²) in [6, 6.07) is 13.3. The molecule has 5 rings (SSSR count). The topological polar surface area (TPSA) is 131 Å². The van der Waals surface area contributed by atoms with Crippen molar-refractivity contribution in [3.05, 3.63) is 65.2 Å². The minimum Gasteiger partial charge on any atom is -0.475 e. The molecule has 44 heavy (non-hydrogen) atoms. The Balaban J connectivity index is 1.62. The van der Waals surface area contributed by atoms with E-state index in [0.29, 0.717) is 37.8 Å². The van der Waals surface area contributed by atoms with Gasteiger partial charge in [-0.3, -0.25) is 9.59 Å². The molecule has 0 unspecified atom stereocenters. The molecule has 10 nitrogen and oxygen atoms in total. The van der Waals surface area contributed by atoms with Gasteiger partial charge >= 0.3 is 0 Å². The number of hydrogen-bond acceptors (Lipinski definition) is 7. The lowest BCUT2D eigenvalue weighted by atomic mass is 9.83. The van der Waals surface area contributed by atoms with E-state index >= 15 is 0 Å². The lowest BCUT2D eigenvalue weighted by Crippen LogP contribution is -2.52. The molecule has 2 aromatic carbocycles. The molecular weight excluding hydrogens is 578 g/mol. The Hall–Kier alpha value is -3.99. The van der Waals surface area contributed by atoms with E-state index in [4.69, 9.17) is 4.74 Å². The van der Waals surface area contributed by atoms with Crippen molar-refractivity contribution >= 4 is 27.8 Å². The van der Waals surface area contributed by atoms with Crippen molar-refractivity contribution in [1.29, 1.82) is 0 Å². The van der Waals surface area contributed by atoms with Crippen molar-refractivity contribution < 1.29 is 22.7 Å². The van der Waals surface area contributed by atoms with Gasteiger partial charge in [-0.05, 0) is 81.2 Å². The summed E-state index contributed by atoms with van der Waals surface area (Å²) in [5.41, 5.74) is 3.65. The third-order valence-corrected chi connectivity index (χ3v) is 9.88. The SMILES string of the molecule is CNC(=O)C1CCC(N2C(=O)c3cccc(c3)S(=O)(=O)Nc3nc(cc(-c4c(C)cccc4C)n3)OC[C@H]2CC(C)C)CC1. The molecule has 4 bridgehead atoms. The van der Waals surface area contributed by atoms with Gasteiger partial charge in [0.1, 0.15) is 6.61 Å². The molecular formula is C33H41N5O5S. The number of ether oxygens (including phenoxy) is 1. The molecule has 11 heteroatoms. The van der Waals surface area contributed by atoms with Crippen LogP contribution in [-0.4, -0.2) is 60.8 Å². The van der Waals surface area contributed by atoms with E-state index in [1.165, 1.54) is 12.1 Å². The van der Waals surface area contributed by atoms with Gasteiger partial charge in [-0.2, -0.15) is 4.98 Å². The molecule has 2 N–H and O–H groups in total. The number of amides is 2. The smallest absolute Gasteiger partial charge is 0.264 e. The van der Waals surface area contributed by atoms with Gasteiger partial charge in [0, 0.05) is 36.2 Å². The van der Waals surface area contributed by atoms with Crippen molar-refractivity contribution in [3.63, 3.8) is 0 Å². The minimum absolute atomic E-state index is 0.0199. The summed E-state index contributed by atoms with van der Waals surface area (Å²) in [5, 5.41) is 2.75. The predicted octanol–water partition coefficient (Wildman–Crippen LogP) is 5.12. The Morgan fingerprint density at radius 3 is 2.39 bits per heavy atom. The minimum atomic E-state index is -4.14. The molecule has 1 fully saturated rings. The lowest BCUT2D eigenvalue weighted by molar-refractivity contribution is -0.125. The Labute approximate surface area is 259 Å². The number of sulfonamides is 1. The van der Waals surface area contributed by atoms with Crippen molar-refractivity contribution in [3.8, 4) is 17.1 Å². The maximum Gasteiger partial charge on any atom is 0.264 e. The molecule has 1 saturated carbocycles. The molecule has 2 aliphatic rings.